The first-order valence-corrected chi connectivity index (χ1v) is 9.25. The third kappa shape index (κ3) is 4.18. The maximum absolute atomic E-state index is 13.0. The number of carbonyl (C=O) groups excluding carboxylic acids is 1. The SMILES string of the molecule is COc1ccc(-c2nc(C(=O)N3CCC[C@H](C(F)(F)F)C3)cs2)cc1OC. The molecule has 2 aromatic rings. The van der Waals surface area contributed by atoms with Crippen LogP contribution in [-0.2, 0) is 0 Å². The molecule has 0 N–H and O–H groups in total. The highest BCUT2D eigenvalue weighted by atomic mass is 32.1. The van der Waals surface area contributed by atoms with E-state index in [9.17, 15) is 18.0 Å². The summed E-state index contributed by atoms with van der Waals surface area (Å²) >= 11 is 1.26. The number of hydrogen-bond donors (Lipinski definition) is 0. The maximum atomic E-state index is 13.0. The number of methoxy groups -OCH3 is 2. The fourth-order valence-electron chi connectivity index (χ4n) is 3.06. The number of ether oxygens (including phenoxy) is 2. The Labute approximate surface area is 158 Å². The average molecular weight is 400 g/mol. The monoisotopic (exact) mass is 400 g/mol. The van der Waals surface area contributed by atoms with E-state index in [2.05, 4.69) is 4.98 Å². The molecule has 146 valence electrons. The summed E-state index contributed by atoms with van der Waals surface area (Å²) in [6.45, 7) is 0.000183. The predicted molar refractivity (Wildman–Crippen MR) is 95.3 cm³/mol. The third-order valence-corrected chi connectivity index (χ3v) is 5.42. The van der Waals surface area contributed by atoms with Gasteiger partial charge in [-0.15, -0.1) is 11.3 Å². The Morgan fingerprint density at radius 2 is 2.00 bits per heavy atom. The molecular weight excluding hydrogens is 381 g/mol. The number of benzene rings is 1. The molecule has 5 nitrogen and oxygen atoms in total. The van der Waals surface area contributed by atoms with Crippen LogP contribution in [0.2, 0.25) is 0 Å². The van der Waals surface area contributed by atoms with Crippen molar-refractivity contribution in [2.45, 2.75) is 19.0 Å². The maximum Gasteiger partial charge on any atom is 0.393 e. The lowest BCUT2D eigenvalue weighted by Gasteiger charge is -2.33. The standard InChI is InChI=1S/C18H19F3N2O3S/c1-25-14-6-5-11(8-15(14)26-2)16-22-13(10-27-16)17(24)23-7-3-4-12(9-23)18(19,20)21/h5-6,8,10,12H,3-4,7,9H2,1-2H3/t12-/m0/s1. The first kappa shape index (κ1) is 19.5. The second-order valence-electron chi connectivity index (χ2n) is 6.24. The van der Waals surface area contributed by atoms with Crippen molar-refractivity contribution >= 4 is 17.2 Å². The number of thiazole rings is 1. The summed E-state index contributed by atoms with van der Waals surface area (Å²) in [5, 5.41) is 2.16. The van der Waals surface area contributed by atoms with E-state index >= 15 is 0 Å². The minimum absolute atomic E-state index is 0.0568. The van der Waals surface area contributed by atoms with Gasteiger partial charge in [0.15, 0.2) is 11.5 Å². The number of rotatable bonds is 4. The van der Waals surface area contributed by atoms with E-state index in [1.807, 2.05) is 0 Å². The Bertz CT molecular complexity index is 822. The summed E-state index contributed by atoms with van der Waals surface area (Å²) in [5.41, 5.74) is 0.899. The van der Waals surface area contributed by atoms with Crippen LogP contribution in [0.4, 0.5) is 13.2 Å². The van der Waals surface area contributed by atoms with Crippen molar-refractivity contribution in [1.29, 1.82) is 0 Å². The van der Waals surface area contributed by atoms with Gasteiger partial charge in [-0.1, -0.05) is 0 Å². The molecule has 1 aromatic heterocycles. The fourth-order valence-corrected chi connectivity index (χ4v) is 3.86. The van der Waals surface area contributed by atoms with Gasteiger partial charge in [0.25, 0.3) is 5.91 Å². The highest BCUT2D eigenvalue weighted by molar-refractivity contribution is 7.13. The summed E-state index contributed by atoms with van der Waals surface area (Å²) in [6, 6.07) is 5.26. The van der Waals surface area contributed by atoms with Gasteiger partial charge in [0.05, 0.1) is 20.1 Å². The van der Waals surface area contributed by atoms with Crippen molar-refractivity contribution in [2.75, 3.05) is 27.3 Å². The van der Waals surface area contributed by atoms with Crippen molar-refractivity contribution in [1.82, 2.24) is 9.88 Å². The Morgan fingerprint density at radius 3 is 2.67 bits per heavy atom. The quantitative estimate of drug-likeness (QED) is 0.770. The fraction of sp³-hybridized carbons (Fsp3) is 0.444. The molecule has 1 amide bonds. The van der Waals surface area contributed by atoms with Gasteiger partial charge < -0.3 is 14.4 Å². The average Bonchev–Trinajstić information content (AvgIpc) is 3.16. The Kier molecular flexibility index (Phi) is 5.59. The topological polar surface area (TPSA) is 51.7 Å². The van der Waals surface area contributed by atoms with E-state index in [-0.39, 0.29) is 18.7 Å². The van der Waals surface area contributed by atoms with E-state index in [4.69, 9.17) is 9.47 Å². The lowest BCUT2D eigenvalue weighted by atomic mass is 9.97. The number of nitrogens with zero attached hydrogens (tertiary/aromatic N) is 2. The summed E-state index contributed by atoms with van der Waals surface area (Å²) in [6.07, 6.45) is -3.89. The van der Waals surface area contributed by atoms with Crippen LogP contribution in [0.25, 0.3) is 10.6 Å². The molecule has 0 saturated carbocycles. The van der Waals surface area contributed by atoms with Gasteiger partial charge in [0.1, 0.15) is 10.7 Å². The first-order valence-electron chi connectivity index (χ1n) is 8.37. The molecule has 0 spiro atoms. The van der Waals surface area contributed by atoms with Crippen molar-refractivity contribution in [3.05, 3.63) is 29.3 Å². The van der Waals surface area contributed by atoms with E-state index < -0.39 is 18.0 Å². The highest BCUT2D eigenvalue weighted by Gasteiger charge is 2.43. The smallest absolute Gasteiger partial charge is 0.393 e. The molecule has 9 heteroatoms. The van der Waals surface area contributed by atoms with Crippen molar-refractivity contribution in [3.8, 4) is 22.1 Å². The van der Waals surface area contributed by atoms with Crippen LogP contribution in [0.3, 0.4) is 0 Å². The van der Waals surface area contributed by atoms with E-state index in [1.54, 1.807) is 23.6 Å². The second kappa shape index (κ2) is 7.75. The molecule has 1 aromatic carbocycles. The van der Waals surface area contributed by atoms with Gasteiger partial charge in [0.2, 0.25) is 0 Å². The van der Waals surface area contributed by atoms with Crippen molar-refractivity contribution < 1.29 is 27.4 Å². The molecule has 1 saturated heterocycles. The Hall–Kier alpha value is -2.29. The van der Waals surface area contributed by atoms with Crippen molar-refractivity contribution in [3.63, 3.8) is 0 Å². The van der Waals surface area contributed by atoms with E-state index in [0.29, 0.717) is 29.5 Å². The number of alkyl halides is 3. The van der Waals surface area contributed by atoms with Crippen LogP contribution in [0.15, 0.2) is 23.6 Å². The summed E-state index contributed by atoms with van der Waals surface area (Å²) in [7, 11) is 3.05. The minimum Gasteiger partial charge on any atom is -0.493 e. The molecule has 0 aliphatic carbocycles. The molecule has 1 aliphatic rings. The van der Waals surface area contributed by atoms with Gasteiger partial charge in [-0.3, -0.25) is 4.79 Å². The Balaban J connectivity index is 1.78. The van der Waals surface area contributed by atoms with Gasteiger partial charge in [-0.25, -0.2) is 4.98 Å². The minimum atomic E-state index is -4.29. The van der Waals surface area contributed by atoms with E-state index in [1.165, 1.54) is 30.5 Å². The first-order chi connectivity index (χ1) is 12.8. The van der Waals surface area contributed by atoms with Gasteiger partial charge >= 0.3 is 6.18 Å². The molecule has 0 unspecified atom stereocenters. The largest absolute Gasteiger partial charge is 0.493 e. The van der Waals surface area contributed by atoms with Crippen LogP contribution in [-0.4, -0.2) is 49.3 Å². The molecule has 0 radical (unpaired) electrons. The summed E-state index contributed by atoms with van der Waals surface area (Å²) < 4.78 is 49.4. The van der Waals surface area contributed by atoms with Crippen molar-refractivity contribution in [2.24, 2.45) is 5.92 Å². The molecule has 3 rings (SSSR count). The molecular formula is C18H19F3N2O3S. The predicted octanol–water partition coefficient (Wildman–Crippen LogP) is 4.24. The third-order valence-electron chi connectivity index (χ3n) is 4.53. The second-order valence-corrected chi connectivity index (χ2v) is 7.10. The molecule has 27 heavy (non-hydrogen) atoms. The number of aromatic nitrogens is 1. The zero-order valence-corrected chi connectivity index (χ0v) is 15.7. The van der Waals surface area contributed by atoms with Gasteiger partial charge in [0, 0.05) is 24.0 Å². The number of halogens is 3. The molecule has 2 heterocycles. The zero-order chi connectivity index (χ0) is 19.6. The van der Waals surface area contributed by atoms with Crippen LogP contribution in [0, 0.1) is 5.92 Å². The van der Waals surface area contributed by atoms with Crippen LogP contribution >= 0.6 is 11.3 Å². The zero-order valence-electron chi connectivity index (χ0n) is 14.9. The number of piperidine rings is 1. The summed E-state index contributed by atoms with van der Waals surface area (Å²) in [5.74, 6) is -0.839. The number of hydrogen-bond acceptors (Lipinski definition) is 5. The summed E-state index contributed by atoms with van der Waals surface area (Å²) in [4.78, 5) is 18.2. The number of carbonyl (C=O) groups is 1. The number of likely N-dealkylation sites (tertiary alicyclic amines) is 1. The van der Waals surface area contributed by atoms with E-state index in [0.717, 1.165) is 5.56 Å². The molecule has 0 bridgehead atoms. The molecule has 1 atom stereocenters. The molecule has 1 aliphatic heterocycles. The Morgan fingerprint density at radius 1 is 1.26 bits per heavy atom. The van der Waals surface area contributed by atoms with Crippen LogP contribution < -0.4 is 9.47 Å². The van der Waals surface area contributed by atoms with Gasteiger partial charge in [-0.05, 0) is 31.0 Å². The van der Waals surface area contributed by atoms with Crippen LogP contribution in [0.1, 0.15) is 23.3 Å². The lowest BCUT2D eigenvalue weighted by molar-refractivity contribution is -0.184. The van der Waals surface area contributed by atoms with Crippen LogP contribution in [0.5, 0.6) is 11.5 Å². The highest BCUT2D eigenvalue weighted by Crippen LogP contribution is 2.35. The van der Waals surface area contributed by atoms with Gasteiger partial charge in [-0.2, -0.15) is 13.2 Å². The molecule has 1 fully saturated rings. The number of amides is 1. The normalized spacial score (nSPS) is 17.7. The lowest BCUT2D eigenvalue weighted by Crippen LogP contribution is -2.44.